The summed E-state index contributed by atoms with van der Waals surface area (Å²) < 4.78 is 13.8. The molecule has 0 radical (unpaired) electrons. The van der Waals surface area contributed by atoms with E-state index in [4.69, 9.17) is 5.26 Å². The van der Waals surface area contributed by atoms with Crippen LogP contribution in [0.15, 0.2) is 72.8 Å². The molecule has 1 aliphatic rings. The van der Waals surface area contributed by atoms with Gasteiger partial charge >= 0.3 is 0 Å². The average molecular weight is 426 g/mol. The third-order valence-electron chi connectivity index (χ3n) is 7.21. The molecule has 1 nitrogen and oxygen atoms in total. The van der Waals surface area contributed by atoms with Crippen LogP contribution >= 0.6 is 0 Å². The first-order valence-electron chi connectivity index (χ1n) is 11.9. The molecule has 32 heavy (non-hydrogen) atoms. The van der Waals surface area contributed by atoms with E-state index in [0.717, 1.165) is 24.3 Å². The second-order valence-electron chi connectivity index (χ2n) is 9.43. The minimum absolute atomic E-state index is 0.113. The maximum atomic E-state index is 13.8. The summed E-state index contributed by atoms with van der Waals surface area (Å²) in [5.74, 6) is 1.74. The molecule has 1 atom stereocenters. The molecule has 0 heterocycles. The highest BCUT2D eigenvalue weighted by atomic mass is 19.1. The fourth-order valence-electron chi connectivity index (χ4n) is 5.20. The lowest BCUT2D eigenvalue weighted by atomic mass is 9.75. The molecule has 0 spiro atoms. The normalized spacial score (nSPS) is 19.3. The first-order chi connectivity index (χ1) is 15.6. The Bertz CT molecular complexity index is 1040. The highest BCUT2D eigenvalue weighted by Crippen LogP contribution is 2.39. The summed E-state index contributed by atoms with van der Waals surface area (Å²) in [5, 5.41) is 8.86. The lowest BCUT2D eigenvalue weighted by Crippen LogP contribution is -2.15. The van der Waals surface area contributed by atoms with Crippen LogP contribution < -0.4 is 0 Å². The Labute approximate surface area is 191 Å². The van der Waals surface area contributed by atoms with E-state index in [1.165, 1.54) is 54.9 Å². The van der Waals surface area contributed by atoms with Gasteiger partial charge in [0.05, 0.1) is 5.56 Å². The van der Waals surface area contributed by atoms with Crippen molar-refractivity contribution in [1.82, 2.24) is 0 Å². The molecule has 3 aromatic carbocycles. The third-order valence-corrected chi connectivity index (χ3v) is 7.21. The molecule has 0 N–H and O–H groups in total. The fraction of sp³-hybridized carbons (Fsp3) is 0.367. The molecule has 0 amide bonds. The number of benzene rings is 3. The monoisotopic (exact) mass is 425 g/mol. The largest absolute Gasteiger partial charge is 0.206 e. The fourth-order valence-corrected chi connectivity index (χ4v) is 5.20. The Morgan fingerprint density at radius 3 is 2.19 bits per heavy atom. The summed E-state index contributed by atoms with van der Waals surface area (Å²) >= 11 is 0. The van der Waals surface area contributed by atoms with Gasteiger partial charge in [-0.1, -0.05) is 67.6 Å². The zero-order valence-corrected chi connectivity index (χ0v) is 18.9. The number of hydrogen-bond donors (Lipinski definition) is 0. The molecule has 2 heteroatoms. The van der Waals surface area contributed by atoms with Gasteiger partial charge in [-0.25, -0.2) is 4.39 Å². The van der Waals surface area contributed by atoms with Crippen molar-refractivity contribution < 1.29 is 4.39 Å². The molecule has 0 aliphatic heterocycles. The highest BCUT2D eigenvalue weighted by molar-refractivity contribution is 5.34. The third kappa shape index (κ3) is 5.65. The zero-order chi connectivity index (χ0) is 22.3. The van der Waals surface area contributed by atoms with Crippen LogP contribution in [0.3, 0.4) is 0 Å². The van der Waals surface area contributed by atoms with Crippen molar-refractivity contribution in [3.8, 4) is 6.07 Å². The van der Waals surface area contributed by atoms with Gasteiger partial charge < -0.3 is 0 Å². The molecule has 0 bridgehead atoms. The first-order valence-corrected chi connectivity index (χ1v) is 11.9. The summed E-state index contributed by atoms with van der Waals surface area (Å²) in [4.78, 5) is 0. The van der Waals surface area contributed by atoms with Gasteiger partial charge in [0.25, 0.3) is 0 Å². The Balaban J connectivity index is 1.26. The molecule has 1 fully saturated rings. The van der Waals surface area contributed by atoms with Gasteiger partial charge in [-0.05, 0) is 97.1 Å². The topological polar surface area (TPSA) is 23.8 Å². The van der Waals surface area contributed by atoms with E-state index in [-0.39, 0.29) is 5.56 Å². The quantitative estimate of drug-likeness (QED) is 0.377. The van der Waals surface area contributed by atoms with Gasteiger partial charge in [-0.15, -0.1) is 0 Å². The van der Waals surface area contributed by atoms with Crippen molar-refractivity contribution in [3.63, 3.8) is 0 Å². The van der Waals surface area contributed by atoms with Crippen LogP contribution in [-0.4, -0.2) is 0 Å². The molecule has 0 saturated heterocycles. The van der Waals surface area contributed by atoms with Crippen molar-refractivity contribution >= 4 is 0 Å². The van der Waals surface area contributed by atoms with E-state index in [0.29, 0.717) is 11.8 Å². The lowest BCUT2D eigenvalue weighted by Gasteiger charge is -2.30. The van der Waals surface area contributed by atoms with Crippen LogP contribution in [0.1, 0.15) is 78.7 Å². The van der Waals surface area contributed by atoms with Crippen LogP contribution in [0.2, 0.25) is 0 Å². The minimum atomic E-state index is -0.422. The standard InChI is InChI=1S/C30H32FN/c1-22(26-5-3-2-4-6-26)19-24-11-16-28(17-12-24)27-14-9-23(10-15-27)7-8-25-13-18-29(21-32)30(31)20-25/h2-6,9-10,13-15,18,20,22,24,28H,7-8,11-12,16-17,19H2,1H3/t22-,24?,28?/m1/s1. The van der Waals surface area contributed by atoms with E-state index < -0.39 is 5.82 Å². The summed E-state index contributed by atoms with van der Waals surface area (Å²) in [6.07, 6.45) is 8.20. The van der Waals surface area contributed by atoms with Crippen LogP contribution in [-0.2, 0) is 12.8 Å². The van der Waals surface area contributed by atoms with Gasteiger partial charge in [-0.2, -0.15) is 5.26 Å². The van der Waals surface area contributed by atoms with E-state index in [1.807, 2.05) is 12.1 Å². The van der Waals surface area contributed by atoms with Crippen LogP contribution in [0.4, 0.5) is 4.39 Å². The molecule has 0 aromatic heterocycles. The predicted octanol–water partition coefficient (Wildman–Crippen LogP) is 7.95. The van der Waals surface area contributed by atoms with Crippen molar-refractivity contribution in [3.05, 3.63) is 106 Å². The van der Waals surface area contributed by atoms with E-state index in [9.17, 15) is 4.39 Å². The van der Waals surface area contributed by atoms with Gasteiger partial charge in [0.1, 0.15) is 11.9 Å². The summed E-state index contributed by atoms with van der Waals surface area (Å²) in [6, 6.07) is 26.8. The molecular weight excluding hydrogens is 393 g/mol. The van der Waals surface area contributed by atoms with Crippen molar-refractivity contribution in [1.29, 1.82) is 5.26 Å². The summed E-state index contributed by atoms with van der Waals surface area (Å²) in [6.45, 7) is 2.37. The molecule has 4 rings (SSSR count). The highest BCUT2D eigenvalue weighted by Gasteiger charge is 2.24. The first kappa shape index (κ1) is 22.3. The molecular formula is C30H32FN. The van der Waals surface area contributed by atoms with Crippen LogP contribution in [0.5, 0.6) is 0 Å². The van der Waals surface area contributed by atoms with Crippen LogP contribution in [0.25, 0.3) is 0 Å². The van der Waals surface area contributed by atoms with Gasteiger partial charge in [0.2, 0.25) is 0 Å². The Morgan fingerprint density at radius 1 is 0.875 bits per heavy atom. The molecule has 164 valence electrons. The lowest BCUT2D eigenvalue weighted by molar-refractivity contribution is 0.297. The maximum Gasteiger partial charge on any atom is 0.141 e. The predicted molar refractivity (Wildman–Crippen MR) is 129 cm³/mol. The molecule has 1 aliphatic carbocycles. The SMILES string of the molecule is C[C@H](CC1CCC(c2ccc(CCc3ccc(C#N)c(F)c3)cc2)CC1)c1ccccc1. The number of rotatable bonds is 7. The van der Waals surface area contributed by atoms with Crippen molar-refractivity contribution in [2.24, 2.45) is 5.92 Å². The molecule has 3 aromatic rings. The maximum absolute atomic E-state index is 13.8. The van der Waals surface area contributed by atoms with Crippen molar-refractivity contribution in [2.45, 2.75) is 63.7 Å². The minimum Gasteiger partial charge on any atom is -0.206 e. The molecule has 1 saturated carbocycles. The number of hydrogen-bond acceptors (Lipinski definition) is 1. The van der Waals surface area contributed by atoms with E-state index in [1.54, 1.807) is 6.07 Å². The van der Waals surface area contributed by atoms with Gasteiger partial charge in [-0.3, -0.25) is 0 Å². The summed E-state index contributed by atoms with van der Waals surface area (Å²) in [5.41, 5.74) is 5.27. The zero-order valence-electron chi connectivity index (χ0n) is 18.9. The molecule has 0 unspecified atom stereocenters. The van der Waals surface area contributed by atoms with Crippen molar-refractivity contribution in [2.75, 3.05) is 0 Å². The number of aryl methyl sites for hydroxylation is 2. The second-order valence-corrected chi connectivity index (χ2v) is 9.43. The summed E-state index contributed by atoms with van der Waals surface area (Å²) in [7, 11) is 0. The van der Waals surface area contributed by atoms with E-state index in [2.05, 4.69) is 61.5 Å². The van der Waals surface area contributed by atoms with Crippen LogP contribution in [0, 0.1) is 23.1 Å². The Morgan fingerprint density at radius 2 is 1.53 bits per heavy atom. The number of halogens is 1. The second kappa shape index (κ2) is 10.6. The van der Waals surface area contributed by atoms with E-state index >= 15 is 0 Å². The Kier molecular flexibility index (Phi) is 7.38. The average Bonchev–Trinajstić information content (AvgIpc) is 2.84. The smallest absolute Gasteiger partial charge is 0.141 e. The Hall–Kier alpha value is -2.92. The van der Waals surface area contributed by atoms with Gasteiger partial charge in [0.15, 0.2) is 0 Å². The van der Waals surface area contributed by atoms with Gasteiger partial charge in [0, 0.05) is 0 Å². The number of nitriles is 1. The number of nitrogens with zero attached hydrogens (tertiary/aromatic N) is 1.